The van der Waals surface area contributed by atoms with Crippen molar-refractivity contribution >= 4 is 16.7 Å². The van der Waals surface area contributed by atoms with E-state index >= 15 is 0 Å². The Morgan fingerprint density at radius 1 is 0.850 bits per heavy atom. The zero-order valence-corrected chi connectivity index (χ0v) is 11.9. The minimum Gasteiger partial charge on any atom is -0.383 e. The topological polar surface area (TPSA) is 51.8 Å². The molecule has 0 bridgehead atoms. The van der Waals surface area contributed by atoms with Crippen molar-refractivity contribution in [3.8, 4) is 11.4 Å². The van der Waals surface area contributed by atoms with Gasteiger partial charge in [-0.25, -0.2) is 9.97 Å². The molecule has 0 spiro atoms. The molecular formula is C17H17N3. The van der Waals surface area contributed by atoms with Gasteiger partial charge in [0.15, 0.2) is 5.82 Å². The van der Waals surface area contributed by atoms with Crippen LogP contribution in [0.2, 0.25) is 0 Å². The summed E-state index contributed by atoms with van der Waals surface area (Å²) in [7, 11) is 0. The highest BCUT2D eigenvalue weighted by molar-refractivity contribution is 5.91. The molecule has 100 valence electrons. The number of anilines is 1. The molecule has 2 aromatic carbocycles. The lowest BCUT2D eigenvalue weighted by Crippen LogP contribution is -1.99. The van der Waals surface area contributed by atoms with Crippen LogP contribution in [0.25, 0.3) is 22.3 Å². The van der Waals surface area contributed by atoms with Crippen molar-refractivity contribution in [3.05, 3.63) is 53.1 Å². The number of hydrogen-bond donors (Lipinski definition) is 1. The molecule has 3 heteroatoms. The first-order valence-electron chi connectivity index (χ1n) is 6.67. The molecule has 0 amide bonds. The third-order valence-corrected chi connectivity index (χ3v) is 3.72. The van der Waals surface area contributed by atoms with Crippen molar-refractivity contribution in [2.24, 2.45) is 0 Å². The molecule has 3 nitrogen and oxygen atoms in total. The number of fused-ring (bicyclic) bond motifs is 1. The molecule has 1 heterocycles. The van der Waals surface area contributed by atoms with Crippen LogP contribution in [-0.4, -0.2) is 9.97 Å². The largest absolute Gasteiger partial charge is 0.383 e. The molecule has 3 rings (SSSR count). The molecule has 0 aliphatic carbocycles. The molecule has 1 aromatic heterocycles. The van der Waals surface area contributed by atoms with Crippen molar-refractivity contribution in [2.75, 3.05) is 5.73 Å². The number of nitrogens with two attached hydrogens (primary N) is 1. The number of aryl methyl sites for hydroxylation is 3. The minimum atomic E-state index is 0.534. The Morgan fingerprint density at radius 2 is 1.65 bits per heavy atom. The molecule has 3 aromatic rings. The van der Waals surface area contributed by atoms with Crippen LogP contribution < -0.4 is 5.73 Å². The van der Waals surface area contributed by atoms with Gasteiger partial charge in [-0.3, -0.25) is 0 Å². The van der Waals surface area contributed by atoms with Gasteiger partial charge in [-0.05, 0) is 49.6 Å². The van der Waals surface area contributed by atoms with Crippen molar-refractivity contribution in [2.45, 2.75) is 20.8 Å². The van der Waals surface area contributed by atoms with Crippen molar-refractivity contribution < 1.29 is 0 Å². The number of para-hydroxylation sites is 1. The van der Waals surface area contributed by atoms with Crippen LogP contribution in [-0.2, 0) is 0 Å². The zero-order valence-electron chi connectivity index (χ0n) is 11.9. The Morgan fingerprint density at radius 3 is 2.40 bits per heavy atom. The van der Waals surface area contributed by atoms with E-state index in [1.54, 1.807) is 0 Å². The number of rotatable bonds is 1. The normalized spacial score (nSPS) is 10.9. The van der Waals surface area contributed by atoms with Gasteiger partial charge < -0.3 is 5.73 Å². The molecule has 0 aliphatic rings. The van der Waals surface area contributed by atoms with Crippen LogP contribution >= 0.6 is 0 Å². The average molecular weight is 263 g/mol. The van der Waals surface area contributed by atoms with Crippen LogP contribution in [0.1, 0.15) is 16.7 Å². The fourth-order valence-electron chi connectivity index (χ4n) is 2.33. The molecule has 0 saturated heterocycles. The minimum absolute atomic E-state index is 0.534. The van der Waals surface area contributed by atoms with E-state index in [4.69, 9.17) is 5.73 Å². The van der Waals surface area contributed by atoms with Gasteiger partial charge in [0.1, 0.15) is 5.82 Å². The number of aromatic nitrogens is 2. The lowest BCUT2D eigenvalue weighted by Gasteiger charge is -2.08. The quantitative estimate of drug-likeness (QED) is 0.726. The van der Waals surface area contributed by atoms with Crippen LogP contribution in [0.5, 0.6) is 0 Å². The van der Waals surface area contributed by atoms with Crippen molar-refractivity contribution in [3.63, 3.8) is 0 Å². The second kappa shape index (κ2) is 4.60. The van der Waals surface area contributed by atoms with Gasteiger partial charge in [-0.15, -0.1) is 0 Å². The molecule has 0 atom stereocenters. The summed E-state index contributed by atoms with van der Waals surface area (Å²) in [6.07, 6.45) is 0. The highest BCUT2D eigenvalue weighted by atomic mass is 14.9. The van der Waals surface area contributed by atoms with Crippen molar-refractivity contribution in [1.29, 1.82) is 0 Å². The summed E-state index contributed by atoms with van der Waals surface area (Å²) < 4.78 is 0. The van der Waals surface area contributed by atoms with Gasteiger partial charge in [0.05, 0.1) is 5.52 Å². The standard InChI is InChI=1S/C17H17N3/c1-10-7-8-13(9-12(10)3)17-19-15-11(2)5-4-6-14(15)16(18)20-17/h4-9H,1-3H3,(H2,18,19,20). The molecule has 0 unspecified atom stereocenters. The smallest absolute Gasteiger partial charge is 0.162 e. The van der Waals surface area contributed by atoms with E-state index < -0.39 is 0 Å². The molecule has 0 aliphatic heterocycles. The van der Waals surface area contributed by atoms with E-state index in [9.17, 15) is 0 Å². The maximum Gasteiger partial charge on any atom is 0.162 e. The zero-order chi connectivity index (χ0) is 14.3. The Hall–Kier alpha value is -2.42. The number of benzene rings is 2. The summed E-state index contributed by atoms with van der Waals surface area (Å²) in [6, 6.07) is 12.2. The van der Waals surface area contributed by atoms with Crippen molar-refractivity contribution in [1.82, 2.24) is 9.97 Å². The number of nitrogens with zero attached hydrogens (tertiary/aromatic N) is 2. The van der Waals surface area contributed by atoms with Gasteiger partial charge in [-0.1, -0.05) is 24.3 Å². The third kappa shape index (κ3) is 2.01. The highest BCUT2D eigenvalue weighted by Gasteiger charge is 2.09. The molecular weight excluding hydrogens is 246 g/mol. The third-order valence-electron chi connectivity index (χ3n) is 3.72. The maximum absolute atomic E-state index is 6.08. The summed E-state index contributed by atoms with van der Waals surface area (Å²) in [4.78, 5) is 9.14. The lowest BCUT2D eigenvalue weighted by molar-refractivity contribution is 1.21. The Bertz CT molecular complexity index is 807. The van der Waals surface area contributed by atoms with Crippen LogP contribution in [0.4, 0.5) is 5.82 Å². The van der Waals surface area contributed by atoms with Crippen LogP contribution in [0.15, 0.2) is 36.4 Å². The average Bonchev–Trinajstić information content (AvgIpc) is 2.43. The van der Waals surface area contributed by atoms with Gasteiger partial charge in [0.2, 0.25) is 0 Å². The monoisotopic (exact) mass is 263 g/mol. The summed E-state index contributed by atoms with van der Waals surface area (Å²) in [6.45, 7) is 6.23. The first-order valence-corrected chi connectivity index (χ1v) is 6.67. The van der Waals surface area contributed by atoms with E-state index in [-0.39, 0.29) is 0 Å². The van der Waals surface area contributed by atoms with E-state index in [1.807, 2.05) is 31.2 Å². The molecule has 20 heavy (non-hydrogen) atoms. The number of hydrogen-bond acceptors (Lipinski definition) is 3. The summed E-state index contributed by atoms with van der Waals surface area (Å²) in [5, 5.41) is 0.914. The first kappa shape index (κ1) is 12.6. The lowest BCUT2D eigenvalue weighted by atomic mass is 10.1. The van der Waals surface area contributed by atoms with Crippen LogP contribution in [0, 0.1) is 20.8 Å². The Balaban J connectivity index is 2.26. The molecule has 0 radical (unpaired) electrons. The maximum atomic E-state index is 6.08. The summed E-state index contributed by atoms with van der Waals surface area (Å²) in [5.41, 5.74) is 11.6. The molecule has 0 fully saturated rings. The SMILES string of the molecule is Cc1ccc(-c2nc(N)c3cccc(C)c3n2)cc1C. The fourth-order valence-corrected chi connectivity index (χ4v) is 2.33. The van der Waals surface area contributed by atoms with Gasteiger partial charge >= 0.3 is 0 Å². The van der Waals surface area contributed by atoms with E-state index in [0.29, 0.717) is 11.6 Å². The first-order chi connectivity index (χ1) is 9.56. The van der Waals surface area contributed by atoms with Gasteiger partial charge in [0, 0.05) is 10.9 Å². The Kier molecular flexibility index (Phi) is 2.90. The highest BCUT2D eigenvalue weighted by Crippen LogP contribution is 2.26. The fraction of sp³-hybridized carbons (Fsp3) is 0.176. The van der Waals surface area contributed by atoms with E-state index in [1.165, 1.54) is 11.1 Å². The van der Waals surface area contributed by atoms with Gasteiger partial charge in [0.25, 0.3) is 0 Å². The Labute approximate surface area is 118 Å². The second-order valence-corrected chi connectivity index (χ2v) is 5.20. The number of nitrogen functional groups attached to an aromatic ring is 1. The second-order valence-electron chi connectivity index (χ2n) is 5.20. The van der Waals surface area contributed by atoms with E-state index in [0.717, 1.165) is 22.0 Å². The van der Waals surface area contributed by atoms with Gasteiger partial charge in [-0.2, -0.15) is 0 Å². The molecule has 0 saturated carbocycles. The predicted octanol–water partition coefficient (Wildman–Crippen LogP) is 3.80. The molecule has 2 N–H and O–H groups in total. The summed E-state index contributed by atoms with van der Waals surface area (Å²) >= 11 is 0. The van der Waals surface area contributed by atoms with Crippen LogP contribution in [0.3, 0.4) is 0 Å². The van der Waals surface area contributed by atoms with E-state index in [2.05, 4.69) is 35.9 Å². The summed E-state index contributed by atoms with van der Waals surface area (Å²) in [5.74, 6) is 1.22. The predicted molar refractivity (Wildman–Crippen MR) is 83.6 cm³/mol.